The van der Waals surface area contributed by atoms with E-state index < -0.39 is 0 Å². The van der Waals surface area contributed by atoms with Crippen LogP contribution in [0.3, 0.4) is 0 Å². The van der Waals surface area contributed by atoms with E-state index in [0.29, 0.717) is 0 Å². The van der Waals surface area contributed by atoms with E-state index in [0.717, 1.165) is 18.1 Å². The standard InChI is InChI=1S/C14H12O2/c1-2-6-12(7-3-1)16-13-8-4-5-11(9-13)14-10-15-14/h1-9,14H,10H2/t14-/m0/s1. The first-order chi connectivity index (χ1) is 7.92. The third-order valence-corrected chi connectivity index (χ3v) is 2.54. The molecule has 2 heteroatoms. The van der Waals surface area contributed by atoms with E-state index >= 15 is 0 Å². The van der Waals surface area contributed by atoms with Crippen LogP contribution in [0.25, 0.3) is 0 Å². The van der Waals surface area contributed by atoms with E-state index in [4.69, 9.17) is 9.47 Å². The van der Waals surface area contributed by atoms with Crippen molar-refractivity contribution in [3.05, 3.63) is 60.2 Å². The average Bonchev–Trinajstić information content (AvgIpc) is 3.15. The Morgan fingerprint density at radius 1 is 0.938 bits per heavy atom. The van der Waals surface area contributed by atoms with Gasteiger partial charge in [-0.25, -0.2) is 0 Å². The molecule has 1 aliphatic rings. The molecule has 1 fully saturated rings. The lowest BCUT2D eigenvalue weighted by Crippen LogP contribution is -1.86. The van der Waals surface area contributed by atoms with E-state index in [1.165, 1.54) is 5.56 Å². The summed E-state index contributed by atoms with van der Waals surface area (Å²) in [7, 11) is 0. The lowest BCUT2D eigenvalue weighted by atomic mass is 10.1. The first kappa shape index (κ1) is 9.43. The van der Waals surface area contributed by atoms with Crippen molar-refractivity contribution in [1.82, 2.24) is 0 Å². The molecule has 1 saturated heterocycles. The smallest absolute Gasteiger partial charge is 0.127 e. The van der Waals surface area contributed by atoms with Gasteiger partial charge in [-0.15, -0.1) is 0 Å². The van der Waals surface area contributed by atoms with E-state index in [9.17, 15) is 0 Å². The zero-order valence-electron chi connectivity index (χ0n) is 8.80. The number of ether oxygens (including phenoxy) is 2. The second kappa shape index (κ2) is 3.99. The van der Waals surface area contributed by atoms with Crippen LogP contribution in [0.4, 0.5) is 0 Å². The van der Waals surface area contributed by atoms with Crippen molar-refractivity contribution in [2.45, 2.75) is 6.10 Å². The molecule has 3 rings (SSSR count). The van der Waals surface area contributed by atoms with Gasteiger partial charge >= 0.3 is 0 Å². The van der Waals surface area contributed by atoms with Crippen LogP contribution >= 0.6 is 0 Å². The largest absolute Gasteiger partial charge is 0.457 e. The van der Waals surface area contributed by atoms with Crippen molar-refractivity contribution >= 4 is 0 Å². The Balaban J connectivity index is 1.81. The van der Waals surface area contributed by atoms with Crippen LogP contribution in [-0.2, 0) is 4.74 Å². The quantitative estimate of drug-likeness (QED) is 0.726. The minimum absolute atomic E-state index is 0.277. The van der Waals surface area contributed by atoms with Gasteiger partial charge in [0.15, 0.2) is 0 Å². The van der Waals surface area contributed by atoms with Crippen molar-refractivity contribution in [1.29, 1.82) is 0 Å². The van der Waals surface area contributed by atoms with Crippen LogP contribution in [-0.4, -0.2) is 6.61 Å². The first-order valence-corrected chi connectivity index (χ1v) is 5.36. The first-order valence-electron chi connectivity index (χ1n) is 5.36. The van der Waals surface area contributed by atoms with E-state index in [1.807, 2.05) is 48.5 Å². The monoisotopic (exact) mass is 212 g/mol. The molecule has 0 saturated carbocycles. The molecule has 80 valence electrons. The molecule has 0 amide bonds. The lowest BCUT2D eigenvalue weighted by molar-refractivity contribution is 0.414. The summed E-state index contributed by atoms with van der Waals surface area (Å²) in [5.74, 6) is 1.72. The van der Waals surface area contributed by atoms with Gasteiger partial charge in [0.1, 0.15) is 17.6 Å². The topological polar surface area (TPSA) is 21.8 Å². The predicted octanol–water partition coefficient (Wildman–Crippen LogP) is 3.55. The van der Waals surface area contributed by atoms with Crippen molar-refractivity contribution in [3.8, 4) is 11.5 Å². The summed E-state index contributed by atoms with van der Waals surface area (Å²) in [6.45, 7) is 0.828. The molecule has 16 heavy (non-hydrogen) atoms. The second-order valence-corrected chi connectivity index (χ2v) is 3.81. The molecule has 0 spiro atoms. The SMILES string of the molecule is c1ccc(Oc2cccc([C@@H]3CO3)c2)cc1. The van der Waals surface area contributed by atoms with Crippen LogP contribution in [0, 0.1) is 0 Å². The minimum Gasteiger partial charge on any atom is -0.457 e. The molecule has 2 nitrogen and oxygen atoms in total. The molecular formula is C14H12O2. The fourth-order valence-electron chi connectivity index (χ4n) is 1.64. The van der Waals surface area contributed by atoms with Crippen molar-refractivity contribution in [3.63, 3.8) is 0 Å². The normalized spacial score (nSPS) is 18.1. The molecule has 0 unspecified atom stereocenters. The number of rotatable bonds is 3. The highest BCUT2D eigenvalue weighted by molar-refractivity contribution is 5.35. The van der Waals surface area contributed by atoms with Gasteiger partial charge in [0.05, 0.1) is 6.61 Å². The van der Waals surface area contributed by atoms with Crippen LogP contribution in [0.2, 0.25) is 0 Å². The van der Waals surface area contributed by atoms with Crippen LogP contribution < -0.4 is 4.74 Å². The average molecular weight is 212 g/mol. The van der Waals surface area contributed by atoms with Crippen molar-refractivity contribution in [2.24, 2.45) is 0 Å². The van der Waals surface area contributed by atoms with Crippen LogP contribution in [0.1, 0.15) is 11.7 Å². The summed E-state index contributed by atoms with van der Waals surface area (Å²) in [5, 5.41) is 0. The molecule has 1 aliphatic heterocycles. The molecular weight excluding hydrogens is 200 g/mol. The lowest BCUT2D eigenvalue weighted by Gasteiger charge is -2.06. The Morgan fingerprint density at radius 2 is 1.69 bits per heavy atom. The fourth-order valence-corrected chi connectivity index (χ4v) is 1.64. The van der Waals surface area contributed by atoms with Gasteiger partial charge in [-0.05, 0) is 29.8 Å². The highest BCUT2D eigenvalue weighted by atomic mass is 16.6. The van der Waals surface area contributed by atoms with Gasteiger partial charge in [-0.1, -0.05) is 30.3 Å². The maximum atomic E-state index is 5.74. The summed E-state index contributed by atoms with van der Waals surface area (Å²) < 4.78 is 11.0. The summed E-state index contributed by atoms with van der Waals surface area (Å²) in [4.78, 5) is 0. The summed E-state index contributed by atoms with van der Waals surface area (Å²) >= 11 is 0. The molecule has 0 bridgehead atoms. The van der Waals surface area contributed by atoms with Gasteiger partial charge in [-0.2, -0.15) is 0 Å². The predicted molar refractivity (Wildman–Crippen MR) is 61.7 cm³/mol. The molecule has 2 aromatic rings. The van der Waals surface area contributed by atoms with Crippen LogP contribution in [0.15, 0.2) is 54.6 Å². The summed E-state index contributed by atoms with van der Waals surface area (Å²) in [6.07, 6.45) is 0.277. The van der Waals surface area contributed by atoms with Crippen molar-refractivity contribution < 1.29 is 9.47 Å². The van der Waals surface area contributed by atoms with E-state index in [-0.39, 0.29) is 6.10 Å². The van der Waals surface area contributed by atoms with E-state index in [2.05, 4.69) is 6.07 Å². The van der Waals surface area contributed by atoms with Gasteiger partial charge in [0.25, 0.3) is 0 Å². The number of hydrogen-bond donors (Lipinski definition) is 0. The molecule has 2 aromatic carbocycles. The van der Waals surface area contributed by atoms with Gasteiger partial charge in [0.2, 0.25) is 0 Å². The van der Waals surface area contributed by atoms with Gasteiger partial charge < -0.3 is 9.47 Å². The highest BCUT2D eigenvalue weighted by Gasteiger charge is 2.24. The zero-order chi connectivity index (χ0) is 10.8. The van der Waals surface area contributed by atoms with Crippen LogP contribution in [0.5, 0.6) is 11.5 Å². The van der Waals surface area contributed by atoms with Crippen molar-refractivity contribution in [2.75, 3.05) is 6.61 Å². The molecule has 0 radical (unpaired) electrons. The molecule has 0 aromatic heterocycles. The molecule has 1 atom stereocenters. The second-order valence-electron chi connectivity index (χ2n) is 3.81. The number of hydrogen-bond acceptors (Lipinski definition) is 2. The Hall–Kier alpha value is -1.80. The van der Waals surface area contributed by atoms with Gasteiger partial charge in [0, 0.05) is 0 Å². The third-order valence-electron chi connectivity index (χ3n) is 2.54. The Kier molecular flexibility index (Phi) is 2.35. The summed E-state index contributed by atoms with van der Waals surface area (Å²) in [6, 6.07) is 17.8. The number of epoxide rings is 1. The zero-order valence-corrected chi connectivity index (χ0v) is 8.80. The Labute approximate surface area is 94.4 Å². The maximum Gasteiger partial charge on any atom is 0.127 e. The molecule has 1 heterocycles. The fraction of sp³-hybridized carbons (Fsp3) is 0.143. The number of benzene rings is 2. The number of para-hydroxylation sites is 1. The Bertz CT molecular complexity index is 475. The third kappa shape index (κ3) is 2.07. The Morgan fingerprint density at radius 3 is 2.44 bits per heavy atom. The molecule has 0 N–H and O–H groups in total. The molecule has 0 aliphatic carbocycles. The summed E-state index contributed by atoms with van der Waals surface area (Å²) in [5.41, 5.74) is 1.19. The maximum absolute atomic E-state index is 5.74. The highest BCUT2D eigenvalue weighted by Crippen LogP contribution is 2.32. The minimum atomic E-state index is 0.277. The van der Waals surface area contributed by atoms with Gasteiger partial charge in [-0.3, -0.25) is 0 Å². The van der Waals surface area contributed by atoms with E-state index in [1.54, 1.807) is 0 Å².